The SMILES string of the molecule is CC(C)(C)CCC1CC(=O)N1. The van der Waals surface area contributed by atoms with Crippen LogP contribution in [0.2, 0.25) is 0 Å². The lowest BCUT2D eigenvalue weighted by molar-refractivity contribution is -0.128. The van der Waals surface area contributed by atoms with Crippen LogP contribution in [0.25, 0.3) is 0 Å². The van der Waals surface area contributed by atoms with Crippen molar-refractivity contribution in [1.82, 2.24) is 5.32 Å². The van der Waals surface area contributed by atoms with Gasteiger partial charge in [0.05, 0.1) is 0 Å². The number of hydrogen-bond donors (Lipinski definition) is 1. The van der Waals surface area contributed by atoms with Crippen molar-refractivity contribution < 1.29 is 4.79 Å². The highest BCUT2D eigenvalue weighted by Gasteiger charge is 2.26. The van der Waals surface area contributed by atoms with Crippen molar-refractivity contribution in [3.8, 4) is 0 Å². The molecule has 0 spiro atoms. The number of amides is 1. The summed E-state index contributed by atoms with van der Waals surface area (Å²) >= 11 is 0. The van der Waals surface area contributed by atoms with Crippen LogP contribution >= 0.6 is 0 Å². The first kappa shape index (κ1) is 8.57. The molecule has 0 aromatic heterocycles. The van der Waals surface area contributed by atoms with Crippen LogP contribution in [-0.2, 0) is 4.79 Å². The van der Waals surface area contributed by atoms with Crippen LogP contribution < -0.4 is 5.32 Å². The van der Waals surface area contributed by atoms with Crippen molar-refractivity contribution in [2.24, 2.45) is 5.41 Å². The maximum absolute atomic E-state index is 10.5. The van der Waals surface area contributed by atoms with Crippen molar-refractivity contribution in [2.75, 3.05) is 0 Å². The minimum atomic E-state index is 0.212. The first-order valence-electron chi connectivity index (χ1n) is 4.27. The highest BCUT2D eigenvalue weighted by atomic mass is 16.2. The highest BCUT2D eigenvalue weighted by Crippen LogP contribution is 2.23. The van der Waals surface area contributed by atoms with Crippen LogP contribution in [0.4, 0.5) is 0 Å². The van der Waals surface area contributed by atoms with Gasteiger partial charge in [0.15, 0.2) is 0 Å². The van der Waals surface area contributed by atoms with Gasteiger partial charge in [0.25, 0.3) is 0 Å². The van der Waals surface area contributed by atoms with Gasteiger partial charge in [0, 0.05) is 12.5 Å². The first-order chi connectivity index (χ1) is 4.97. The second-order valence-electron chi connectivity index (χ2n) is 4.57. The molecule has 0 aromatic carbocycles. The summed E-state index contributed by atoms with van der Waals surface area (Å²) in [4.78, 5) is 10.5. The van der Waals surface area contributed by atoms with E-state index in [2.05, 4.69) is 26.1 Å². The summed E-state index contributed by atoms with van der Waals surface area (Å²) in [5.41, 5.74) is 0.403. The lowest BCUT2D eigenvalue weighted by atomic mass is 9.86. The molecule has 0 aliphatic carbocycles. The third kappa shape index (κ3) is 2.91. The van der Waals surface area contributed by atoms with Gasteiger partial charge in [-0.2, -0.15) is 0 Å². The number of nitrogens with one attached hydrogen (secondary N) is 1. The molecular weight excluding hydrogens is 138 g/mol. The van der Waals surface area contributed by atoms with Crippen molar-refractivity contribution >= 4 is 5.91 Å². The molecule has 1 aliphatic rings. The monoisotopic (exact) mass is 155 g/mol. The average molecular weight is 155 g/mol. The Kier molecular flexibility index (Phi) is 2.21. The van der Waals surface area contributed by atoms with E-state index in [0.29, 0.717) is 11.5 Å². The minimum absolute atomic E-state index is 0.212. The molecular formula is C9H17NO. The Morgan fingerprint density at radius 3 is 2.45 bits per heavy atom. The molecule has 1 fully saturated rings. The van der Waals surface area contributed by atoms with E-state index in [1.54, 1.807) is 0 Å². The molecule has 1 aliphatic heterocycles. The smallest absolute Gasteiger partial charge is 0.222 e. The Morgan fingerprint density at radius 1 is 1.55 bits per heavy atom. The number of carbonyl (C=O) groups excluding carboxylic acids is 1. The van der Waals surface area contributed by atoms with Crippen molar-refractivity contribution in [3.63, 3.8) is 0 Å². The topological polar surface area (TPSA) is 29.1 Å². The Morgan fingerprint density at radius 2 is 2.09 bits per heavy atom. The molecule has 64 valence electrons. The summed E-state index contributed by atoms with van der Waals surface area (Å²) in [6.45, 7) is 6.69. The lowest BCUT2D eigenvalue weighted by Gasteiger charge is -2.29. The van der Waals surface area contributed by atoms with E-state index in [0.717, 1.165) is 12.8 Å². The Bertz CT molecular complexity index is 149. The van der Waals surface area contributed by atoms with Crippen LogP contribution in [0.5, 0.6) is 0 Å². The van der Waals surface area contributed by atoms with E-state index < -0.39 is 0 Å². The maximum atomic E-state index is 10.5. The van der Waals surface area contributed by atoms with Crippen molar-refractivity contribution in [2.45, 2.75) is 46.1 Å². The zero-order valence-corrected chi connectivity index (χ0v) is 7.61. The fraction of sp³-hybridized carbons (Fsp3) is 0.889. The van der Waals surface area contributed by atoms with Gasteiger partial charge in [-0.1, -0.05) is 20.8 Å². The third-order valence-electron chi connectivity index (χ3n) is 2.04. The van der Waals surface area contributed by atoms with Crippen LogP contribution in [0.1, 0.15) is 40.0 Å². The van der Waals surface area contributed by atoms with Crippen molar-refractivity contribution in [3.05, 3.63) is 0 Å². The van der Waals surface area contributed by atoms with Gasteiger partial charge in [0.1, 0.15) is 0 Å². The fourth-order valence-corrected chi connectivity index (χ4v) is 1.21. The van der Waals surface area contributed by atoms with E-state index >= 15 is 0 Å². The predicted octanol–water partition coefficient (Wildman–Crippen LogP) is 1.70. The van der Waals surface area contributed by atoms with Gasteiger partial charge in [-0.3, -0.25) is 4.79 Å². The molecule has 1 rings (SSSR count). The first-order valence-corrected chi connectivity index (χ1v) is 4.27. The fourth-order valence-electron chi connectivity index (χ4n) is 1.21. The Hall–Kier alpha value is -0.530. The number of β-lactam (4-membered cyclic amide) rings is 1. The quantitative estimate of drug-likeness (QED) is 0.604. The molecule has 0 bridgehead atoms. The zero-order chi connectivity index (χ0) is 8.48. The second kappa shape index (κ2) is 2.84. The van der Waals surface area contributed by atoms with Gasteiger partial charge in [-0.15, -0.1) is 0 Å². The van der Waals surface area contributed by atoms with E-state index in [1.165, 1.54) is 6.42 Å². The molecule has 1 unspecified atom stereocenters. The van der Waals surface area contributed by atoms with Crippen LogP contribution in [0.15, 0.2) is 0 Å². The average Bonchev–Trinajstić information content (AvgIpc) is 1.75. The summed E-state index contributed by atoms with van der Waals surface area (Å²) in [5.74, 6) is 0.212. The molecule has 2 nitrogen and oxygen atoms in total. The van der Waals surface area contributed by atoms with Gasteiger partial charge < -0.3 is 5.32 Å². The molecule has 1 atom stereocenters. The van der Waals surface area contributed by atoms with Gasteiger partial charge in [-0.25, -0.2) is 0 Å². The molecule has 0 aromatic rings. The van der Waals surface area contributed by atoms with Gasteiger partial charge in [-0.05, 0) is 18.3 Å². The summed E-state index contributed by atoms with van der Waals surface area (Å²) in [6, 6.07) is 0.474. The molecule has 0 radical (unpaired) electrons. The molecule has 1 N–H and O–H groups in total. The molecule has 1 saturated heterocycles. The minimum Gasteiger partial charge on any atom is -0.353 e. The van der Waals surface area contributed by atoms with E-state index in [4.69, 9.17) is 0 Å². The highest BCUT2D eigenvalue weighted by molar-refractivity contribution is 5.82. The normalized spacial score (nSPS) is 24.3. The predicted molar refractivity (Wildman–Crippen MR) is 45.2 cm³/mol. The molecule has 11 heavy (non-hydrogen) atoms. The molecule has 0 saturated carbocycles. The third-order valence-corrected chi connectivity index (χ3v) is 2.04. The second-order valence-corrected chi connectivity index (χ2v) is 4.57. The van der Waals surface area contributed by atoms with E-state index in [1.807, 2.05) is 0 Å². The van der Waals surface area contributed by atoms with Crippen molar-refractivity contribution in [1.29, 1.82) is 0 Å². The molecule has 1 heterocycles. The maximum Gasteiger partial charge on any atom is 0.222 e. The lowest BCUT2D eigenvalue weighted by Crippen LogP contribution is -2.48. The standard InChI is InChI=1S/C9H17NO/c1-9(2,3)5-4-7-6-8(11)10-7/h7H,4-6H2,1-3H3,(H,10,11). The van der Waals surface area contributed by atoms with E-state index in [9.17, 15) is 4.79 Å². The number of rotatable bonds is 2. The van der Waals surface area contributed by atoms with Crippen LogP contribution in [0, 0.1) is 5.41 Å². The van der Waals surface area contributed by atoms with Crippen LogP contribution in [-0.4, -0.2) is 11.9 Å². The van der Waals surface area contributed by atoms with Gasteiger partial charge in [0.2, 0.25) is 5.91 Å². The summed E-state index contributed by atoms with van der Waals surface area (Å²) in [5, 5.41) is 2.88. The number of carbonyl (C=O) groups is 1. The summed E-state index contributed by atoms with van der Waals surface area (Å²) in [7, 11) is 0. The summed E-state index contributed by atoms with van der Waals surface area (Å²) in [6.07, 6.45) is 3.07. The number of hydrogen-bond acceptors (Lipinski definition) is 1. The largest absolute Gasteiger partial charge is 0.353 e. The summed E-state index contributed by atoms with van der Waals surface area (Å²) < 4.78 is 0. The Labute approximate surface area is 68.4 Å². The van der Waals surface area contributed by atoms with Crippen LogP contribution in [0.3, 0.4) is 0 Å². The van der Waals surface area contributed by atoms with Gasteiger partial charge >= 0.3 is 0 Å². The van der Waals surface area contributed by atoms with E-state index in [-0.39, 0.29) is 5.91 Å². The molecule has 2 heteroatoms. The molecule has 1 amide bonds. The zero-order valence-electron chi connectivity index (χ0n) is 7.61. The Balaban J connectivity index is 2.10.